The Bertz CT molecular complexity index is 519. The molecule has 0 spiro atoms. The Kier molecular flexibility index (Phi) is 4.79. The Hall–Kier alpha value is -0.860. The zero-order valence-electron chi connectivity index (χ0n) is 10.9. The van der Waals surface area contributed by atoms with E-state index in [0.29, 0.717) is 5.88 Å². The van der Waals surface area contributed by atoms with Crippen LogP contribution in [0.15, 0.2) is 23.6 Å². The summed E-state index contributed by atoms with van der Waals surface area (Å²) < 4.78 is 0. The van der Waals surface area contributed by atoms with Crippen LogP contribution in [0.5, 0.6) is 0 Å². The normalized spacial score (nSPS) is 10.8. The number of thiazole rings is 1. The lowest BCUT2D eigenvalue weighted by molar-refractivity contribution is 0.889. The van der Waals surface area contributed by atoms with Gasteiger partial charge in [0.2, 0.25) is 0 Å². The fourth-order valence-electron chi connectivity index (χ4n) is 1.88. The van der Waals surface area contributed by atoms with Crippen LogP contribution in [0.3, 0.4) is 0 Å². The summed E-state index contributed by atoms with van der Waals surface area (Å²) in [6, 6.07) is 6.64. The number of aromatic nitrogens is 1. The van der Waals surface area contributed by atoms with Crippen LogP contribution in [-0.2, 0) is 12.8 Å². The topological polar surface area (TPSA) is 12.9 Å². The number of benzene rings is 1. The van der Waals surface area contributed by atoms with Gasteiger partial charge in [-0.05, 0) is 43.4 Å². The molecular weight excluding hydrogens is 262 g/mol. The SMILES string of the molecule is Cc1ccc(Cc2nc(CCCCl)cs2)cc1C. The maximum absolute atomic E-state index is 5.70. The van der Waals surface area contributed by atoms with Crippen LogP contribution in [0.2, 0.25) is 0 Å². The third-order valence-electron chi connectivity index (χ3n) is 3.09. The van der Waals surface area contributed by atoms with Gasteiger partial charge in [-0.1, -0.05) is 18.2 Å². The summed E-state index contributed by atoms with van der Waals surface area (Å²) in [4.78, 5) is 4.66. The van der Waals surface area contributed by atoms with Crippen molar-refractivity contribution < 1.29 is 0 Å². The molecule has 0 aliphatic carbocycles. The van der Waals surface area contributed by atoms with Crippen molar-refractivity contribution in [1.82, 2.24) is 4.98 Å². The van der Waals surface area contributed by atoms with Gasteiger partial charge in [0.15, 0.2) is 0 Å². The Morgan fingerprint density at radius 2 is 2.06 bits per heavy atom. The van der Waals surface area contributed by atoms with Crippen molar-refractivity contribution in [3.8, 4) is 0 Å². The Morgan fingerprint density at radius 3 is 2.78 bits per heavy atom. The summed E-state index contributed by atoms with van der Waals surface area (Å²) in [7, 11) is 0. The zero-order chi connectivity index (χ0) is 13.0. The molecule has 2 aromatic rings. The lowest BCUT2D eigenvalue weighted by Gasteiger charge is -2.03. The van der Waals surface area contributed by atoms with Gasteiger partial charge >= 0.3 is 0 Å². The van der Waals surface area contributed by atoms with Crippen LogP contribution >= 0.6 is 22.9 Å². The summed E-state index contributed by atoms with van der Waals surface area (Å²) in [5, 5.41) is 3.35. The highest BCUT2D eigenvalue weighted by Crippen LogP contribution is 2.18. The highest BCUT2D eigenvalue weighted by Gasteiger charge is 2.04. The highest BCUT2D eigenvalue weighted by molar-refractivity contribution is 7.09. The molecule has 0 aliphatic heterocycles. The molecule has 96 valence electrons. The molecule has 1 aromatic heterocycles. The molecule has 0 amide bonds. The third-order valence-corrected chi connectivity index (χ3v) is 4.26. The van der Waals surface area contributed by atoms with E-state index in [-0.39, 0.29) is 0 Å². The molecule has 1 nitrogen and oxygen atoms in total. The van der Waals surface area contributed by atoms with Crippen LogP contribution in [0.1, 0.15) is 33.8 Å². The van der Waals surface area contributed by atoms with Crippen LogP contribution in [0.25, 0.3) is 0 Å². The Morgan fingerprint density at radius 1 is 1.22 bits per heavy atom. The predicted molar refractivity (Wildman–Crippen MR) is 79.9 cm³/mol. The summed E-state index contributed by atoms with van der Waals surface area (Å²) in [6.07, 6.45) is 2.94. The van der Waals surface area contributed by atoms with Crippen molar-refractivity contribution in [2.45, 2.75) is 33.1 Å². The number of rotatable bonds is 5. The molecule has 0 fully saturated rings. The lowest BCUT2D eigenvalue weighted by Crippen LogP contribution is -1.92. The van der Waals surface area contributed by atoms with E-state index in [0.717, 1.165) is 19.3 Å². The van der Waals surface area contributed by atoms with Gasteiger partial charge in [0.05, 0.1) is 10.7 Å². The largest absolute Gasteiger partial charge is 0.246 e. The summed E-state index contributed by atoms with van der Waals surface area (Å²) in [5.41, 5.74) is 5.22. The number of aryl methyl sites for hydroxylation is 3. The van der Waals surface area contributed by atoms with Gasteiger partial charge in [-0.25, -0.2) is 4.98 Å². The molecule has 1 aromatic carbocycles. The molecule has 18 heavy (non-hydrogen) atoms. The fourth-order valence-corrected chi connectivity index (χ4v) is 2.88. The van der Waals surface area contributed by atoms with Gasteiger partial charge in [0.25, 0.3) is 0 Å². The standard InChI is InChI=1S/C15H18ClNS/c1-11-5-6-13(8-12(11)2)9-15-17-14(10-18-15)4-3-7-16/h5-6,8,10H,3-4,7,9H2,1-2H3. The van der Waals surface area contributed by atoms with E-state index in [1.165, 1.54) is 27.4 Å². The van der Waals surface area contributed by atoms with E-state index >= 15 is 0 Å². The number of halogens is 1. The second-order valence-corrected chi connectivity index (χ2v) is 5.94. The molecule has 0 bridgehead atoms. The maximum atomic E-state index is 5.70. The van der Waals surface area contributed by atoms with Crippen molar-refractivity contribution in [3.05, 3.63) is 51.0 Å². The molecule has 1 heterocycles. The first-order valence-electron chi connectivity index (χ1n) is 6.24. The quantitative estimate of drug-likeness (QED) is 0.733. The molecule has 2 rings (SSSR count). The first kappa shape index (κ1) is 13.6. The van der Waals surface area contributed by atoms with E-state index in [4.69, 9.17) is 11.6 Å². The monoisotopic (exact) mass is 279 g/mol. The van der Waals surface area contributed by atoms with E-state index < -0.39 is 0 Å². The molecule has 0 atom stereocenters. The van der Waals surface area contributed by atoms with Gasteiger partial charge < -0.3 is 0 Å². The smallest absolute Gasteiger partial charge is 0.0972 e. The molecule has 0 unspecified atom stereocenters. The van der Waals surface area contributed by atoms with Crippen molar-refractivity contribution in [3.63, 3.8) is 0 Å². The van der Waals surface area contributed by atoms with E-state index in [1.54, 1.807) is 11.3 Å². The highest BCUT2D eigenvalue weighted by atomic mass is 35.5. The molecule has 0 aliphatic rings. The van der Waals surface area contributed by atoms with Crippen LogP contribution in [0, 0.1) is 13.8 Å². The second-order valence-electron chi connectivity index (χ2n) is 4.62. The average Bonchev–Trinajstić information content (AvgIpc) is 2.79. The summed E-state index contributed by atoms with van der Waals surface area (Å²) in [5.74, 6) is 0.712. The first-order chi connectivity index (χ1) is 8.69. The van der Waals surface area contributed by atoms with Gasteiger partial charge in [0, 0.05) is 17.7 Å². The number of hydrogen-bond donors (Lipinski definition) is 0. The van der Waals surface area contributed by atoms with Crippen molar-refractivity contribution in [2.75, 3.05) is 5.88 Å². The summed E-state index contributed by atoms with van der Waals surface area (Å²) >= 11 is 7.45. The lowest BCUT2D eigenvalue weighted by atomic mass is 10.0. The second kappa shape index (κ2) is 6.35. The molecule has 0 N–H and O–H groups in total. The van der Waals surface area contributed by atoms with Crippen LogP contribution in [0.4, 0.5) is 0 Å². The molecular formula is C15H18ClNS. The van der Waals surface area contributed by atoms with Crippen molar-refractivity contribution >= 4 is 22.9 Å². The van der Waals surface area contributed by atoms with E-state index in [1.807, 2.05) is 0 Å². The third kappa shape index (κ3) is 3.56. The molecule has 0 radical (unpaired) electrons. The molecule has 0 saturated carbocycles. The predicted octanol–water partition coefficient (Wildman–Crippen LogP) is 4.52. The molecule has 0 saturated heterocycles. The van der Waals surface area contributed by atoms with Crippen molar-refractivity contribution in [2.24, 2.45) is 0 Å². The van der Waals surface area contributed by atoms with Crippen LogP contribution in [-0.4, -0.2) is 10.9 Å². The first-order valence-corrected chi connectivity index (χ1v) is 7.66. The maximum Gasteiger partial charge on any atom is 0.0972 e. The number of hydrogen-bond acceptors (Lipinski definition) is 2. The Labute approximate surface area is 118 Å². The van der Waals surface area contributed by atoms with Crippen LogP contribution < -0.4 is 0 Å². The Balaban J connectivity index is 2.04. The van der Waals surface area contributed by atoms with E-state index in [2.05, 4.69) is 42.4 Å². The minimum atomic E-state index is 0.712. The minimum absolute atomic E-state index is 0.712. The fraction of sp³-hybridized carbons (Fsp3) is 0.400. The molecule has 3 heteroatoms. The van der Waals surface area contributed by atoms with Gasteiger partial charge in [-0.15, -0.1) is 22.9 Å². The van der Waals surface area contributed by atoms with Crippen molar-refractivity contribution in [1.29, 1.82) is 0 Å². The van der Waals surface area contributed by atoms with Gasteiger partial charge in [-0.3, -0.25) is 0 Å². The number of alkyl halides is 1. The minimum Gasteiger partial charge on any atom is -0.246 e. The summed E-state index contributed by atoms with van der Waals surface area (Å²) in [6.45, 7) is 4.30. The average molecular weight is 280 g/mol. The van der Waals surface area contributed by atoms with Gasteiger partial charge in [-0.2, -0.15) is 0 Å². The van der Waals surface area contributed by atoms with E-state index in [9.17, 15) is 0 Å². The van der Waals surface area contributed by atoms with Gasteiger partial charge in [0.1, 0.15) is 0 Å². The zero-order valence-corrected chi connectivity index (χ0v) is 12.4. The number of nitrogens with zero attached hydrogens (tertiary/aromatic N) is 1.